The number of ether oxygens (including phenoxy) is 1. The summed E-state index contributed by atoms with van der Waals surface area (Å²) in [5.41, 5.74) is 3.32. The van der Waals surface area contributed by atoms with Crippen LogP contribution in [0.2, 0.25) is 0 Å². The van der Waals surface area contributed by atoms with Gasteiger partial charge in [-0.05, 0) is 43.0 Å². The SMILES string of the molecule is Cc1cccc(CCNC(=O)NCCc2ccc(OC(F)F)cc2)c1. The van der Waals surface area contributed by atoms with E-state index in [9.17, 15) is 13.6 Å². The van der Waals surface area contributed by atoms with E-state index in [1.807, 2.05) is 25.1 Å². The van der Waals surface area contributed by atoms with Crippen molar-refractivity contribution in [3.8, 4) is 5.75 Å². The lowest BCUT2D eigenvalue weighted by molar-refractivity contribution is -0.0498. The van der Waals surface area contributed by atoms with E-state index in [1.54, 1.807) is 12.1 Å². The van der Waals surface area contributed by atoms with Crippen LogP contribution in [0.1, 0.15) is 16.7 Å². The van der Waals surface area contributed by atoms with Crippen molar-refractivity contribution in [2.45, 2.75) is 26.4 Å². The number of amides is 2. The quantitative estimate of drug-likeness (QED) is 0.765. The summed E-state index contributed by atoms with van der Waals surface area (Å²) in [4.78, 5) is 11.7. The summed E-state index contributed by atoms with van der Waals surface area (Å²) in [6, 6.07) is 14.3. The highest BCUT2D eigenvalue weighted by Crippen LogP contribution is 2.14. The van der Waals surface area contributed by atoms with Crippen LogP contribution in [0.25, 0.3) is 0 Å². The standard InChI is InChI=1S/C19H22F2N2O2/c1-14-3-2-4-16(13-14)10-12-23-19(24)22-11-9-15-5-7-17(8-6-15)25-18(20)21/h2-8,13,18H,9-12H2,1H3,(H2,22,23,24). The van der Waals surface area contributed by atoms with Crippen LogP contribution in [0, 0.1) is 6.92 Å². The summed E-state index contributed by atoms with van der Waals surface area (Å²) < 4.78 is 28.4. The van der Waals surface area contributed by atoms with Gasteiger partial charge in [0.2, 0.25) is 0 Å². The van der Waals surface area contributed by atoms with Crippen molar-refractivity contribution in [2.24, 2.45) is 0 Å². The van der Waals surface area contributed by atoms with E-state index in [-0.39, 0.29) is 11.8 Å². The van der Waals surface area contributed by atoms with Crippen LogP contribution < -0.4 is 15.4 Å². The van der Waals surface area contributed by atoms with Gasteiger partial charge in [-0.1, -0.05) is 42.0 Å². The third-order valence-corrected chi connectivity index (χ3v) is 3.63. The number of halogens is 2. The number of hydrogen-bond donors (Lipinski definition) is 2. The Morgan fingerprint density at radius 1 is 1.00 bits per heavy atom. The lowest BCUT2D eigenvalue weighted by Crippen LogP contribution is -2.37. The maximum absolute atomic E-state index is 12.1. The summed E-state index contributed by atoms with van der Waals surface area (Å²) in [7, 11) is 0. The van der Waals surface area contributed by atoms with Gasteiger partial charge in [0, 0.05) is 13.1 Å². The van der Waals surface area contributed by atoms with E-state index >= 15 is 0 Å². The molecule has 2 aromatic rings. The first-order valence-electron chi connectivity index (χ1n) is 8.14. The van der Waals surface area contributed by atoms with E-state index in [0.717, 1.165) is 12.0 Å². The smallest absolute Gasteiger partial charge is 0.387 e. The molecule has 25 heavy (non-hydrogen) atoms. The lowest BCUT2D eigenvalue weighted by atomic mass is 10.1. The average Bonchev–Trinajstić information content (AvgIpc) is 2.56. The first-order chi connectivity index (χ1) is 12.0. The Balaban J connectivity index is 1.63. The Labute approximate surface area is 146 Å². The molecular weight excluding hydrogens is 326 g/mol. The van der Waals surface area contributed by atoms with Gasteiger partial charge < -0.3 is 15.4 Å². The van der Waals surface area contributed by atoms with Gasteiger partial charge in [0.15, 0.2) is 0 Å². The molecule has 0 saturated carbocycles. The first-order valence-corrected chi connectivity index (χ1v) is 8.14. The Morgan fingerprint density at radius 3 is 2.24 bits per heavy atom. The number of carbonyl (C=O) groups excluding carboxylic acids is 1. The molecule has 0 aromatic heterocycles. The molecule has 2 amide bonds. The van der Waals surface area contributed by atoms with E-state index in [4.69, 9.17) is 0 Å². The van der Waals surface area contributed by atoms with E-state index in [2.05, 4.69) is 21.4 Å². The fourth-order valence-electron chi connectivity index (χ4n) is 2.41. The van der Waals surface area contributed by atoms with Crippen molar-refractivity contribution in [1.82, 2.24) is 10.6 Å². The second-order valence-electron chi connectivity index (χ2n) is 5.69. The fourth-order valence-corrected chi connectivity index (χ4v) is 2.41. The molecule has 0 radical (unpaired) electrons. The molecule has 0 saturated heterocycles. The monoisotopic (exact) mass is 348 g/mol. The molecule has 2 N–H and O–H groups in total. The van der Waals surface area contributed by atoms with Crippen LogP contribution >= 0.6 is 0 Å². The largest absolute Gasteiger partial charge is 0.435 e. The molecule has 0 aliphatic heterocycles. The zero-order chi connectivity index (χ0) is 18.1. The predicted octanol–water partition coefficient (Wildman–Crippen LogP) is 3.68. The molecule has 0 atom stereocenters. The molecule has 0 spiro atoms. The minimum Gasteiger partial charge on any atom is -0.435 e. The van der Waals surface area contributed by atoms with Gasteiger partial charge in [0.25, 0.3) is 0 Å². The number of nitrogens with one attached hydrogen (secondary N) is 2. The van der Waals surface area contributed by atoms with Crippen molar-refractivity contribution in [3.63, 3.8) is 0 Å². The number of benzene rings is 2. The minimum absolute atomic E-state index is 0.126. The molecule has 0 aliphatic carbocycles. The van der Waals surface area contributed by atoms with Crippen molar-refractivity contribution in [2.75, 3.05) is 13.1 Å². The number of rotatable bonds is 8. The van der Waals surface area contributed by atoms with Crippen molar-refractivity contribution < 1.29 is 18.3 Å². The summed E-state index contributed by atoms with van der Waals surface area (Å²) in [6.07, 6.45) is 1.39. The highest BCUT2D eigenvalue weighted by atomic mass is 19.3. The van der Waals surface area contributed by atoms with Gasteiger partial charge >= 0.3 is 12.6 Å². The van der Waals surface area contributed by atoms with Crippen LogP contribution in [0.3, 0.4) is 0 Å². The Hall–Kier alpha value is -2.63. The van der Waals surface area contributed by atoms with Gasteiger partial charge in [0.1, 0.15) is 5.75 Å². The Bertz CT molecular complexity index is 675. The van der Waals surface area contributed by atoms with Crippen LogP contribution in [-0.2, 0) is 12.8 Å². The minimum atomic E-state index is -2.82. The van der Waals surface area contributed by atoms with Gasteiger partial charge in [-0.3, -0.25) is 0 Å². The van der Waals surface area contributed by atoms with Crippen molar-refractivity contribution >= 4 is 6.03 Å². The van der Waals surface area contributed by atoms with E-state index in [0.29, 0.717) is 19.5 Å². The molecule has 0 heterocycles. The Morgan fingerprint density at radius 2 is 1.64 bits per heavy atom. The summed E-state index contributed by atoms with van der Waals surface area (Å²) in [5, 5.41) is 5.59. The number of aryl methyl sites for hydroxylation is 1. The third kappa shape index (κ3) is 7.20. The first kappa shape index (κ1) is 18.7. The molecule has 0 aliphatic rings. The maximum atomic E-state index is 12.1. The molecule has 2 rings (SSSR count). The van der Waals surface area contributed by atoms with Gasteiger partial charge in [0.05, 0.1) is 0 Å². The van der Waals surface area contributed by atoms with Crippen molar-refractivity contribution in [1.29, 1.82) is 0 Å². The second kappa shape index (κ2) is 9.61. The third-order valence-electron chi connectivity index (χ3n) is 3.63. The van der Waals surface area contributed by atoms with Crippen molar-refractivity contribution in [3.05, 3.63) is 65.2 Å². The number of hydrogen-bond acceptors (Lipinski definition) is 2. The fraction of sp³-hybridized carbons (Fsp3) is 0.316. The van der Waals surface area contributed by atoms with Gasteiger partial charge in [-0.25, -0.2) is 4.79 Å². The second-order valence-corrected chi connectivity index (χ2v) is 5.69. The Kier molecular flexibility index (Phi) is 7.19. The average molecular weight is 348 g/mol. The molecule has 0 fully saturated rings. The molecule has 6 heteroatoms. The van der Waals surface area contributed by atoms with Gasteiger partial charge in [-0.2, -0.15) is 8.78 Å². The molecule has 0 bridgehead atoms. The zero-order valence-corrected chi connectivity index (χ0v) is 14.1. The highest BCUT2D eigenvalue weighted by Gasteiger charge is 2.04. The number of urea groups is 1. The molecule has 0 unspecified atom stereocenters. The van der Waals surface area contributed by atoms with Gasteiger partial charge in [-0.15, -0.1) is 0 Å². The normalized spacial score (nSPS) is 10.6. The zero-order valence-electron chi connectivity index (χ0n) is 14.1. The van der Waals surface area contributed by atoms with Crippen LogP contribution in [0.15, 0.2) is 48.5 Å². The van der Waals surface area contributed by atoms with Crippen LogP contribution in [0.5, 0.6) is 5.75 Å². The molecular formula is C19H22F2N2O2. The summed E-state index contributed by atoms with van der Waals surface area (Å²) in [5.74, 6) is 0.126. The number of alkyl halides is 2. The van der Waals surface area contributed by atoms with E-state index in [1.165, 1.54) is 23.3 Å². The molecule has 4 nitrogen and oxygen atoms in total. The maximum Gasteiger partial charge on any atom is 0.387 e. The topological polar surface area (TPSA) is 50.4 Å². The predicted molar refractivity (Wildman–Crippen MR) is 93.1 cm³/mol. The number of carbonyl (C=O) groups is 1. The van der Waals surface area contributed by atoms with Crippen LogP contribution in [-0.4, -0.2) is 25.7 Å². The highest BCUT2D eigenvalue weighted by molar-refractivity contribution is 5.73. The molecule has 2 aromatic carbocycles. The summed E-state index contributed by atoms with van der Waals surface area (Å²) in [6.45, 7) is 0.242. The van der Waals surface area contributed by atoms with Crippen LogP contribution in [0.4, 0.5) is 13.6 Å². The summed E-state index contributed by atoms with van der Waals surface area (Å²) >= 11 is 0. The lowest BCUT2D eigenvalue weighted by Gasteiger charge is -2.09. The molecule has 134 valence electrons. The van der Waals surface area contributed by atoms with E-state index < -0.39 is 6.61 Å².